The molecule has 0 aliphatic rings. The molecule has 13 heavy (non-hydrogen) atoms. The van der Waals surface area contributed by atoms with Crippen molar-refractivity contribution in [3.63, 3.8) is 0 Å². The van der Waals surface area contributed by atoms with Crippen LogP contribution < -0.4 is 0 Å². The fourth-order valence-corrected chi connectivity index (χ4v) is 1.50. The molecular weight excluding hydrogens is 162 g/mol. The summed E-state index contributed by atoms with van der Waals surface area (Å²) in [7, 11) is 1.97. The summed E-state index contributed by atoms with van der Waals surface area (Å²) in [6.45, 7) is 4.27. The molecular formula is C10H15N3. The first-order chi connectivity index (χ1) is 6.16. The van der Waals surface area contributed by atoms with Crippen molar-refractivity contribution in [2.24, 2.45) is 13.0 Å². The summed E-state index contributed by atoms with van der Waals surface area (Å²) in [6, 6.07) is 2.22. The van der Waals surface area contributed by atoms with Crippen molar-refractivity contribution in [2.45, 2.75) is 26.2 Å². The lowest BCUT2D eigenvalue weighted by Gasteiger charge is -2.17. The molecule has 0 radical (unpaired) electrons. The third-order valence-electron chi connectivity index (χ3n) is 2.35. The topological polar surface area (TPSA) is 41.6 Å². The van der Waals surface area contributed by atoms with Gasteiger partial charge in [0, 0.05) is 31.3 Å². The van der Waals surface area contributed by atoms with E-state index in [1.165, 1.54) is 0 Å². The van der Waals surface area contributed by atoms with Crippen LogP contribution in [0.1, 0.15) is 31.9 Å². The first kappa shape index (κ1) is 9.79. The zero-order valence-electron chi connectivity index (χ0n) is 8.36. The van der Waals surface area contributed by atoms with Crippen LogP contribution >= 0.6 is 0 Å². The molecule has 1 heterocycles. The standard InChI is InChI=1S/C10H15N3/c1-8(2)9(4-5-11)10-6-12-7-13(10)3/h6-9H,4H2,1-3H3. The minimum atomic E-state index is 0.303. The number of nitriles is 1. The molecule has 3 heteroatoms. The molecule has 0 aromatic carbocycles. The summed E-state index contributed by atoms with van der Waals surface area (Å²) >= 11 is 0. The quantitative estimate of drug-likeness (QED) is 0.709. The number of aromatic nitrogens is 2. The average Bonchev–Trinajstić information content (AvgIpc) is 2.47. The molecule has 1 rings (SSSR count). The molecule has 1 atom stereocenters. The molecule has 1 aromatic rings. The second-order valence-corrected chi connectivity index (χ2v) is 3.64. The highest BCUT2D eigenvalue weighted by Gasteiger charge is 2.17. The van der Waals surface area contributed by atoms with E-state index in [9.17, 15) is 0 Å². The van der Waals surface area contributed by atoms with Gasteiger partial charge in [-0.1, -0.05) is 13.8 Å². The van der Waals surface area contributed by atoms with Gasteiger partial charge in [0.15, 0.2) is 0 Å². The fourth-order valence-electron chi connectivity index (χ4n) is 1.50. The van der Waals surface area contributed by atoms with Crippen LogP contribution in [0.15, 0.2) is 12.5 Å². The second-order valence-electron chi connectivity index (χ2n) is 3.64. The minimum absolute atomic E-state index is 0.303. The Morgan fingerprint density at radius 1 is 1.62 bits per heavy atom. The van der Waals surface area contributed by atoms with Crippen LogP contribution in [0.25, 0.3) is 0 Å². The van der Waals surface area contributed by atoms with E-state index in [-0.39, 0.29) is 0 Å². The van der Waals surface area contributed by atoms with Gasteiger partial charge in [-0.3, -0.25) is 0 Å². The highest BCUT2D eigenvalue weighted by molar-refractivity contribution is 5.09. The van der Waals surface area contributed by atoms with Crippen molar-refractivity contribution in [2.75, 3.05) is 0 Å². The molecule has 0 fully saturated rings. The van der Waals surface area contributed by atoms with Crippen LogP contribution in [0.2, 0.25) is 0 Å². The van der Waals surface area contributed by atoms with E-state index in [1.807, 2.05) is 17.8 Å². The monoisotopic (exact) mass is 177 g/mol. The van der Waals surface area contributed by atoms with Gasteiger partial charge in [0.05, 0.1) is 12.4 Å². The Bertz CT molecular complexity index is 306. The van der Waals surface area contributed by atoms with Crippen molar-refractivity contribution in [3.05, 3.63) is 18.2 Å². The zero-order chi connectivity index (χ0) is 9.84. The molecule has 1 unspecified atom stereocenters. The molecule has 0 N–H and O–H groups in total. The molecule has 0 aliphatic heterocycles. The van der Waals surface area contributed by atoms with Gasteiger partial charge in [0.1, 0.15) is 0 Å². The van der Waals surface area contributed by atoms with E-state index in [2.05, 4.69) is 24.9 Å². The largest absolute Gasteiger partial charge is 0.337 e. The molecule has 70 valence electrons. The third kappa shape index (κ3) is 2.09. The molecule has 0 saturated heterocycles. The van der Waals surface area contributed by atoms with Gasteiger partial charge in [0.2, 0.25) is 0 Å². The average molecular weight is 177 g/mol. The van der Waals surface area contributed by atoms with Crippen molar-refractivity contribution in [3.8, 4) is 6.07 Å². The maximum absolute atomic E-state index is 8.70. The van der Waals surface area contributed by atoms with E-state index in [0.717, 1.165) is 5.69 Å². The molecule has 0 spiro atoms. The highest BCUT2D eigenvalue weighted by atomic mass is 15.0. The fraction of sp³-hybridized carbons (Fsp3) is 0.600. The molecule has 3 nitrogen and oxygen atoms in total. The zero-order valence-corrected chi connectivity index (χ0v) is 8.36. The Kier molecular flexibility index (Phi) is 3.07. The summed E-state index contributed by atoms with van der Waals surface area (Å²) in [5.41, 5.74) is 1.15. The molecule has 0 saturated carbocycles. The summed E-state index contributed by atoms with van der Waals surface area (Å²) in [5, 5.41) is 8.70. The van der Waals surface area contributed by atoms with Crippen LogP contribution in [-0.4, -0.2) is 9.55 Å². The first-order valence-corrected chi connectivity index (χ1v) is 4.50. The number of nitrogens with zero attached hydrogens (tertiary/aromatic N) is 3. The molecule has 1 aromatic heterocycles. The van der Waals surface area contributed by atoms with E-state index < -0.39 is 0 Å². The lowest BCUT2D eigenvalue weighted by molar-refractivity contribution is 0.482. The van der Waals surface area contributed by atoms with E-state index in [1.54, 1.807) is 6.33 Å². The maximum atomic E-state index is 8.70. The summed E-state index contributed by atoms with van der Waals surface area (Å²) < 4.78 is 1.99. The van der Waals surface area contributed by atoms with Crippen molar-refractivity contribution in [1.29, 1.82) is 5.26 Å². The Hall–Kier alpha value is -1.30. The first-order valence-electron chi connectivity index (χ1n) is 4.50. The summed E-state index contributed by atoms with van der Waals surface area (Å²) in [4.78, 5) is 4.06. The summed E-state index contributed by atoms with van der Waals surface area (Å²) in [5.74, 6) is 0.785. The van der Waals surface area contributed by atoms with E-state index in [4.69, 9.17) is 5.26 Å². The number of aryl methyl sites for hydroxylation is 1. The number of hydrogen-bond acceptors (Lipinski definition) is 2. The van der Waals surface area contributed by atoms with Crippen molar-refractivity contribution < 1.29 is 0 Å². The van der Waals surface area contributed by atoms with Gasteiger partial charge >= 0.3 is 0 Å². The Morgan fingerprint density at radius 2 is 2.31 bits per heavy atom. The number of rotatable bonds is 3. The van der Waals surface area contributed by atoms with Gasteiger partial charge in [-0.25, -0.2) is 4.98 Å². The molecule has 0 aliphatic carbocycles. The second kappa shape index (κ2) is 4.08. The van der Waals surface area contributed by atoms with Gasteiger partial charge in [0.25, 0.3) is 0 Å². The number of imidazole rings is 1. The van der Waals surface area contributed by atoms with Crippen molar-refractivity contribution >= 4 is 0 Å². The lowest BCUT2D eigenvalue weighted by Crippen LogP contribution is -2.09. The number of hydrogen-bond donors (Lipinski definition) is 0. The SMILES string of the molecule is CC(C)C(CC#N)c1cncn1C. The normalized spacial score (nSPS) is 12.8. The predicted octanol–water partition coefficient (Wildman–Crippen LogP) is 2.07. The van der Waals surface area contributed by atoms with E-state index >= 15 is 0 Å². The third-order valence-corrected chi connectivity index (χ3v) is 2.35. The van der Waals surface area contributed by atoms with Crippen molar-refractivity contribution in [1.82, 2.24) is 9.55 Å². The Balaban J connectivity index is 2.89. The van der Waals surface area contributed by atoms with Gasteiger partial charge < -0.3 is 4.57 Å². The van der Waals surface area contributed by atoms with Gasteiger partial charge in [-0.2, -0.15) is 5.26 Å². The van der Waals surface area contributed by atoms with Crippen LogP contribution in [-0.2, 0) is 7.05 Å². The highest BCUT2D eigenvalue weighted by Crippen LogP contribution is 2.26. The molecule has 0 amide bonds. The maximum Gasteiger partial charge on any atom is 0.0945 e. The Morgan fingerprint density at radius 3 is 2.69 bits per heavy atom. The Labute approximate surface area is 79.0 Å². The van der Waals surface area contributed by atoms with Crippen LogP contribution in [0.4, 0.5) is 0 Å². The predicted molar refractivity (Wildman–Crippen MR) is 51.0 cm³/mol. The van der Waals surface area contributed by atoms with E-state index in [0.29, 0.717) is 18.3 Å². The smallest absolute Gasteiger partial charge is 0.0945 e. The summed E-state index contributed by atoms with van der Waals surface area (Å²) in [6.07, 6.45) is 4.20. The van der Waals surface area contributed by atoms with Crippen LogP contribution in [0.5, 0.6) is 0 Å². The van der Waals surface area contributed by atoms with Gasteiger partial charge in [-0.15, -0.1) is 0 Å². The van der Waals surface area contributed by atoms with Crippen LogP contribution in [0, 0.1) is 17.2 Å². The van der Waals surface area contributed by atoms with Gasteiger partial charge in [-0.05, 0) is 5.92 Å². The van der Waals surface area contributed by atoms with Crippen LogP contribution in [0.3, 0.4) is 0 Å². The minimum Gasteiger partial charge on any atom is -0.337 e. The lowest BCUT2D eigenvalue weighted by atomic mass is 9.90. The molecule has 0 bridgehead atoms.